The molecule has 1 N–H and O–H groups in total. The van der Waals surface area contributed by atoms with E-state index in [4.69, 9.17) is 9.15 Å². The van der Waals surface area contributed by atoms with Gasteiger partial charge in [0.2, 0.25) is 0 Å². The molecule has 0 saturated heterocycles. The first-order valence-corrected chi connectivity index (χ1v) is 7.61. The van der Waals surface area contributed by atoms with Crippen LogP contribution in [0.15, 0.2) is 34.7 Å². The molecule has 21 heavy (non-hydrogen) atoms. The third-order valence-electron chi connectivity index (χ3n) is 3.46. The Morgan fingerprint density at radius 2 is 1.90 bits per heavy atom. The molecule has 0 atom stereocenters. The van der Waals surface area contributed by atoms with Crippen molar-refractivity contribution in [3.63, 3.8) is 0 Å². The first kappa shape index (κ1) is 15.6. The number of aryl methyl sites for hydroxylation is 2. The minimum absolute atomic E-state index is 0.450. The van der Waals surface area contributed by atoms with Gasteiger partial charge < -0.3 is 14.5 Å². The highest BCUT2D eigenvalue weighted by molar-refractivity contribution is 5.27. The van der Waals surface area contributed by atoms with Gasteiger partial charge in [0, 0.05) is 6.04 Å². The van der Waals surface area contributed by atoms with Crippen molar-refractivity contribution in [1.29, 1.82) is 0 Å². The molecule has 0 spiro atoms. The molecular formula is C18H25NO2. The summed E-state index contributed by atoms with van der Waals surface area (Å²) in [6, 6.07) is 10.7. The molecule has 0 aliphatic heterocycles. The molecular weight excluding hydrogens is 262 g/mol. The third kappa shape index (κ3) is 4.64. The summed E-state index contributed by atoms with van der Waals surface area (Å²) in [5.41, 5.74) is 2.49. The predicted molar refractivity (Wildman–Crippen MR) is 85.6 cm³/mol. The van der Waals surface area contributed by atoms with Crippen LogP contribution in [0.1, 0.15) is 43.4 Å². The average Bonchev–Trinajstić information content (AvgIpc) is 2.84. The first-order valence-electron chi connectivity index (χ1n) is 7.61. The first-order chi connectivity index (χ1) is 10.1. The van der Waals surface area contributed by atoms with Crippen molar-refractivity contribution in [2.75, 3.05) is 0 Å². The fraction of sp³-hybridized carbons (Fsp3) is 0.444. The van der Waals surface area contributed by atoms with E-state index in [1.54, 1.807) is 0 Å². The zero-order chi connectivity index (χ0) is 15.2. The molecule has 3 heteroatoms. The summed E-state index contributed by atoms with van der Waals surface area (Å²) in [5, 5.41) is 3.37. The molecule has 0 radical (unpaired) electrons. The maximum Gasteiger partial charge on any atom is 0.146 e. The molecule has 0 aliphatic carbocycles. The Balaban J connectivity index is 1.92. The SMILES string of the molecule is CCc1ccc(OCc2cc(C)c(CNC(C)C)o2)cc1. The molecule has 0 unspecified atom stereocenters. The number of hydrogen-bond donors (Lipinski definition) is 1. The zero-order valence-corrected chi connectivity index (χ0v) is 13.4. The lowest BCUT2D eigenvalue weighted by atomic mass is 10.2. The second kappa shape index (κ2) is 7.32. The van der Waals surface area contributed by atoms with Gasteiger partial charge in [0.05, 0.1) is 6.54 Å². The maximum atomic E-state index is 5.84. The van der Waals surface area contributed by atoms with Crippen LogP contribution in [-0.4, -0.2) is 6.04 Å². The summed E-state index contributed by atoms with van der Waals surface area (Å²) >= 11 is 0. The van der Waals surface area contributed by atoms with Crippen molar-refractivity contribution >= 4 is 0 Å². The van der Waals surface area contributed by atoms with E-state index in [9.17, 15) is 0 Å². The number of rotatable bonds is 7. The van der Waals surface area contributed by atoms with E-state index in [-0.39, 0.29) is 0 Å². The van der Waals surface area contributed by atoms with Gasteiger partial charge in [-0.3, -0.25) is 0 Å². The Kier molecular flexibility index (Phi) is 5.45. The summed E-state index contributed by atoms with van der Waals surface area (Å²) in [4.78, 5) is 0. The van der Waals surface area contributed by atoms with Crippen LogP contribution in [0.25, 0.3) is 0 Å². The minimum Gasteiger partial charge on any atom is -0.486 e. The van der Waals surface area contributed by atoms with Crippen LogP contribution < -0.4 is 10.1 Å². The van der Waals surface area contributed by atoms with Crippen LogP contribution >= 0.6 is 0 Å². The van der Waals surface area contributed by atoms with Crippen molar-refractivity contribution in [3.05, 3.63) is 53.0 Å². The summed E-state index contributed by atoms with van der Waals surface area (Å²) < 4.78 is 11.6. The Bertz CT molecular complexity index is 555. The molecule has 2 rings (SSSR count). The van der Waals surface area contributed by atoms with E-state index >= 15 is 0 Å². The van der Waals surface area contributed by atoms with Crippen molar-refractivity contribution < 1.29 is 9.15 Å². The second-order valence-corrected chi connectivity index (χ2v) is 5.64. The normalized spacial score (nSPS) is 11.1. The summed E-state index contributed by atoms with van der Waals surface area (Å²) in [6.07, 6.45) is 1.05. The van der Waals surface area contributed by atoms with Gasteiger partial charge in [0.25, 0.3) is 0 Å². The molecule has 1 heterocycles. The summed E-state index contributed by atoms with van der Waals surface area (Å²) in [5.74, 6) is 2.74. The Hall–Kier alpha value is -1.74. The van der Waals surface area contributed by atoms with Gasteiger partial charge in [-0.15, -0.1) is 0 Å². The zero-order valence-electron chi connectivity index (χ0n) is 13.4. The van der Waals surface area contributed by atoms with E-state index in [1.807, 2.05) is 12.1 Å². The molecule has 0 bridgehead atoms. The van der Waals surface area contributed by atoms with E-state index < -0.39 is 0 Å². The monoisotopic (exact) mass is 287 g/mol. The molecule has 0 fully saturated rings. The number of furan rings is 1. The lowest BCUT2D eigenvalue weighted by Gasteiger charge is -2.07. The van der Waals surface area contributed by atoms with Crippen LogP contribution in [0.5, 0.6) is 5.75 Å². The Morgan fingerprint density at radius 1 is 1.19 bits per heavy atom. The van der Waals surface area contributed by atoms with E-state index in [2.05, 4.69) is 51.2 Å². The van der Waals surface area contributed by atoms with E-state index in [1.165, 1.54) is 11.1 Å². The standard InChI is InChI=1S/C18H25NO2/c1-5-15-6-8-16(9-7-15)20-12-17-10-14(4)18(21-17)11-19-13(2)3/h6-10,13,19H,5,11-12H2,1-4H3. The lowest BCUT2D eigenvalue weighted by Crippen LogP contribution is -2.21. The van der Waals surface area contributed by atoms with Gasteiger partial charge in [-0.05, 0) is 42.7 Å². The molecule has 3 nitrogen and oxygen atoms in total. The van der Waals surface area contributed by atoms with Crippen LogP contribution in [0.2, 0.25) is 0 Å². The molecule has 2 aromatic rings. The molecule has 1 aromatic carbocycles. The molecule has 0 amide bonds. The van der Waals surface area contributed by atoms with Gasteiger partial charge in [-0.25, -0.2) is 0 Å². The van der Waals surface area contributed by atoms with Crippen LogP contribution in [0, 0.1) is 6.92 Å². The van der Waals surface area contributed by atoms with Crippen molar-refractivity contribution in [2.45, 2.75) is 53.3 Å². The summed E-state index contributed by atoms with van der Waals surface area (Å²) in [6.45, 7) is 9.70. The van der Waals surface area contributed by atoms with Gasteiger partial charge in [0.15, 0.2) is 0 Å². The van der Waals surface area contributed by atoms with Gasteiger partial charge in [-0.1, -0.05) is 32.9 Å². The van der Waals surface area contributed by atoms with Gasteiger partial charge >= 0.3 is 0 Å². The molecule has 0 saturated carbocycles. The van der Waals surface area contributed by atoms with Gasteiger partial charge in [-0.2, -0.15) is 0 Å². The smallest absolute Gasteiger partial charge is 0.146 e. The predicted octanol–water partition coefficient (Wildman–Crippen LogP) is 4.23. The topological polar surface area (TPSA) is 34.4 Å². The van der Waals surface area contributed by atoms with E-state index in [0.29, 0.717) is 12.6 Å². The highest BCUT2D eigenvalue weighted by Gasteiger charge is 2.08. The number of ether oxygens (including phenoxy) is 1. The molecule has 0 aliphatic rings. The largest absolute Gasteiger partial charge is 0.486 e. The number of benzene rings is 1. The number of hydrogen-bond acceptors (Lipinski definition) is 3. The van der Waals surface area contributed by atoms with Crippen molar-refractivity contribution in [3.8, 4) is 5.75 Å². The van der Waals surface area contributed by atoms with Crippen molar-refractivity contribution in [2.24, 2.45) is 0 Å². The average molecular weight is 287 g/mol. The van der Waals surface area contributed by atoms with Gasteiger partial charge in [0.1, 0.15) is 23.9 Å². The third-order valence-corrected chi connectivity index (χ3v) is 3.46. The maximum absolute atomic E-state index is 5.84. The Morgan fingerprint density at radius 3 is 2.52 bits per heavy atom. The van der Waals surface area contributed by atoms with Crippen LogP contribution in [-0.2, 0) is 19.6 Å². The minimum atomic E-state index is 0.450. The molecule has 114 valence electrons. The quantitative estimate of drug-likeness (QED) is 0.827. The number of nitrogens with one attached hydrogen (secondary N) is 1. The van der Waals surface area contributed by atoms with E-state index in [0.717, 1.165) is 30.2 Å². The summed E-state index contributed by atoms with van der Waals surface area (Å²) in [7, 11) is 0. The highest BCUT2D eigenvalue weighted by atomic mass is 16.5. The second-order valence-electron chi connectivity index (χ2n) is 5.64. The van der Waals surface area contributed by atoms with Crippen LogP contribution in [0.3, 0.4) is 0 Å². The molecule has 1 aromatic heterocycles. The lowest BCUT2D eigenvalue weighted by molar-refractivity contribution is 0.264. The Labute approximate surface area is 127 Å². The fourth-order valence-electron chi connectivity index (χ4n) is 2.11. The highest BCUT2D eigenvalue weighted by Crippen LogP contribution is 2.18. The van der Waals surface area contributed by atoms with Crippen LogP contribution in [0.4, 0.5) is 0 Å². The fourth-order valence-corrected chi connectivity index (χ4v) is 2.11. The van der Waals surface area contributed by atoms with Crippen molar-refractivity contribution in [1.82, 2.24) is 5.32 Å².